The molecule has 0 spiro atoms. The number of thiophene rings is 1. The van der Waals surface area contributed by atoms with Gasteiger partial charge in [0, 0.05) is 35.9 Å². The third-order valence-corrected chi connectivity index (χ3v) is 5.11. The van der Waals surface area contributed by atoms with Crippen molar-refractivity contribution in [2.75, 3.05) is 32.8 Å². The van der Waals surface area contributed by atoms with Gasteiger partial charge in [0.05, 0.1) is 12.6 Å². The van der Waals surface area contributed by atoms with E-state index in [4.69, 9.17) is 4.74 Å². The molecule has 1 atom stereocenters. The van der Waals surface area contributed by atoms with Crippen molar-refractivity contribution in [3.05, 3.63) is 51.7 Å². The van der Waals surface area contributed by atoms with Crippen LogP contribution in [0, 0.1) is 6.92 Å². The van der Waals surface area contributed by atoms with Gasteiger partial charge in [-0.15, -0.1) is 11.3 Å². The van der Waals surface area contributed by atoms with E-state index in [1.165, 1.54) is 15.3 Å². The average Bonchev–Trinajstić information content (AvgIpc) is 2.97. The first-order valence-corrected chi connectivity index (χ1v) is 8.83. The fourth-order valence-corrected chi connectivity index (χ4v) is 4.05. The van der Waals surface area contributed by atoms with Crippen LogP contribution >= 0.6 is 11.3 Å². The lowest BCUT2D eigenvalue weighted by Gasteiger charge is -2.34. The Balaban J connectivity index is 1.90. The smallest absolute Gasteiger partial charge is 0.119 e. The number of hydrogen-bond acceptors (Lipinski definition) is 4. The average molecular weight is 316 g/mol. The van der Waals surface area contributed by atoms with E-state index in [-0.39, 0.29) is 0 Å². The summed E-state index contributed by atoms with van der Waals surface area (Å²) >= 11 is 1.91. The lowest BCUT2D eigenvalue weighted by Crippen LogP contribution is -2.45. The van der Waals surface area contributed by atoms with Gasteiger partial charge in [0.1, 0.15) is 5.75 Å². The Hall–Kier alpha value is -1.36. The second kappa shape index (κ2) is 7.27. The molecule has 1 N–H and O–H groups in total. The highest BCUT2D eigenvalue weighted by Crippen LogP contribution is 2.34. The summed E-state index contributed by atoms with van der Waals surface area (Å²) in [7, 11) is 0. The van der Waals surface area contributed by atoms with E-state index in [0.717, 1.165) is 31.9 Å². The third kappa shape index (κ3) is 3.51. The number of aryl methyl sites for hydroxylation is 1. The molecule has 1 aromatic heterocycles. The highest BCUT2D eigenvalue weighted by atomic mass is 32.1. The predicted octanol–water partition coefficient (Wildman–Crippen LogP) is 3.45. The van der Waals surface area contributed by atoms with Gasteiger partial charge >= 0.3 is 0 Å². The van der Waals surface area contributed by atoms with Gasteiger partial charge < -0.3 is 10.1 Å². The van der Waals surface area contributed by atoms with Gasteiger partial charge in [0.25, 0.3) is 0 Å². The van der Waals surface area contributed by atoms with Crippen molar-refractivity contribution < 1.29 is 4.74 Å². The zero-order valence-electron chi connectivity index (χ0n) is 13.3. The van der Waals surface area contributed by atoms with Crippen LogP contribution in [0.1, 0.15) is 28.3 Å². The highest BCUT2D eigenvalue weighted by Gasteiger charge is 2.25. The van der Waals surface area contributed by atoms with Crippen molar-refractivity contribution in [3.8, 4) is 5.75 Å². The molecule has 1 unspecified atom stereocenters. The van der Waals surface area contributed by atoms with E-state index in [0.29, 0.717) is 12.6 Å². The summed E-state index contributed by atoms with van der Waals surface area (Å²) in [5, 5.41) is 3.45. The Labute approximate surface area is 136 Å². The van der Waals surface area contributed by atoms with Crippen molar-refractivity contribution in [3.63, 3.8) is 0 Å². The quantitative estimate of drug-likeness (QED) is 0.914. The van der Waals surface area contributed by atoms with Crippen molar-refractivity contribution in [2.45, 2.75) is 19.9 Å². The van der Waals surface area contributed by atoms with E-state index >= 15 is 0 Å². The van der Waals surface area contributed by atoms with Gasteiger partial charge in [0.15, 0.2) is 0 Å². The minimum atomic E-state index is 0.358. The molecule has 1 saturated heterocycles. The molecule has 2 aromatic rings. The number of benzene rings is 1. The van der Waals surface area contributed by atoms with Crippen molar-refractivity contribution in [2.24, 2.45) is 0 Å². The first kappa shape index (κ1) is 15.5. The van der Waals surface area contributed by atoms with Crippen LogP contribution in [-0.4, -0.2) is 37.7 Å². The summed E-state index contributed by atoms with van der Waals surface area (Å²) in [6, 6.07) is 13.5. The zero-order valence-corrected chi connectivity index (χ0v) is 14.2. The molecule has 0 bridgehead atoms. The molecular formula is C18H24N2OS. The fraction of sp³-hybridized carbons (Fsp3) is 0.444. The van der Waals surface area contributed by atoms with Crippen molar-refractivity contribution in [1.29, 1.82) is 0 Å². The summed E-state index contributed by atoms with van der Waals surface area (Å²) in [4.78, 5) is 5.39. The van der Waals surface area contributed by atoms with E-state index < -0.39 is 0 Å². The molecule has 1 fully saturated rings. The van der Waals surface area contributed by atoms with Gasteiger partial charge in [-0.05, 0) is 43.7 Å². The molecule has 0 radical (unpaired) electrons. The molecule has 1 aromatic carbocycles. The molecular weight excluding hydrogens is 292 g/mol. The van der Waals surface area contributed by atoms with Crippen LogP contribution in [0.3, 0.4) is 0 Å². The van der Waals surface area contributed by atoms with Crippen LogP contribution in [0.25, 0.3) is 0 Å². The summed E-state index contributed by atoms with van der Waals surface area (Å²) in [5.74, 6) is 0.952. The number of hydrogen-bond donors (Lipinski definition) is 1. The van der Waals surface area contributed by atoms with Gasteiger partial charge in [-0.1, -0.05) is 12.1 Å². The summed E-state index contributed by atoms with van der Waals surface area (Å²) < 4.78 is 5.57. The van der Waals surface area contributed by atoms with Gasteiger partial charge in [-0.2, -0.15) is 0 Å². The van der Waals surface area contributed by atoms with Crippen molar-refractivity contribution >= 4 is 11.3 Å². The van der Waals surface area contributed by atoms with Crippen LogP contribution in [-0.2, 0) is 0 Å². The Morgan fingerprint density at radius 1 is 1.14 bits per heavy atom. The molecule has 2 heterocycles. The van der Waals surface area contributed by atoms with E-state index in [1.54, 1.807) is 0 Å². The first-order chi connectivity index (χ1) is 10.8. The molecule has 0 amide bonds. The number of nitrogens with one attached hydrogen (secondary N) is 1. The monoisotopic (exact) mass is 316 g/mol. The number of ether oxygens (including phenoxy) is 1. The molecule has 0 aliphatic carbocycles. The van der Waals surface area contributed by atoms with Gasteiger partial charge in [0.2, 0.25) is 0 Å². The molecule has 3 rings (SSSR count). The van der Waals surface area contributed by atoms with Crippen LogP contribution in [0.4, 0.5) is 0 Å². The molecule has 1 aliphatic heterocycles. The molecule has 3 nitrogen and oxygen atoms in total. The second-order valence-electron chi connectivity index (χ2n) is 5.64. The Kier molecular flexibility index (Phi) is 5.13. The Morgan fingerprint density at radius 2 is 1.86 bits per heavy atom. The molecule has 1 aliphatic rings. The summed E-state index contributed by atoms with van der Waals surface area (Å²) in [5.41, 5.74) is 1.35. The fourth-order valence-electron chi connectivity index (χ4n) is 3.01. The maximum absolute atomic E-state index is 5.57. The second-order valence-corrected chi connectivity index (χ2v) is 6.96. The summed E-state index contributed by atoms with van der Waals surface area (Å²) in [6.45, 7) is 9.23. The topological polar surface area (TPSA) is 24.5 Å². The number of piperazine rings is 1. The van der Waals surface area contributed by atoms with Crippen LogP contribution in [0.2, 0.25) is 0 Å². The van der Waals surface area contributed by atoms with E-state index in [2.05, 4.69) is 53.5 Å². The Bertz CT molecular complexity index is 587. The SMILES string of the molecule is CCOc1ccc(C(c2ccc(C)s2)N2CCNCC2)cc1. The van der Waals surface area contributed by atoms with Crippen molar-refractivity contribution in [1.82, 2.24) is 10.2 Å². The van der Waals surface area contributed by atoms with Gasteiger partial charge in [-0.3, -0.25) is 4.90 Å². The third-order valence-electron chi connectivity index (χ3n) is 4.05. The van der Waals surface area contributed by atoms with Crippen LogP contribution in [0.15, 0.2) is 36.4 Å². The first-order valence-electron chi connectivity index (χ1n) is 8.02. The highest BCUT2D eigenvalue weighted by molar-refractivity contribution is 7.12. The van der Waals surface area contributed by atoms with Crippen LogP contribution in [0.5, 0.6) is 5.75 Å². The zero-order chi connectivity index (χ0) is 15.4. The Morgan fingerprint density at radius 3 is 2.45 bits per heavy atom. The van der Waals surface area contributed by atoms with E-state index in [1.807, 2.05) is 18.3 Å². The lowest BCUT2D eigenvalue weighted by molar-refractivity contribution is 0.200. The number of nitrogens with zero attached hydrogens (tertiary/aromatic N) is 1. The predicted molar refractivity (Wildman–Crippen MR) is 93.0 cm³/mol. The van der Waals surface area contributed by atoms with Crippen LogP contribution < -0.4 is 10.1 Å². The maximum Gasteiger partial charge on any atom is 0.119 e. The molecule has 22 heavy (non-hydrogen) atoms. The normalized spacial score (nSPS) is 17.4. The standard InChI is InChI=1S/C18H24N2OS/c1-3-21-16-7-5-15(6-8-16)18(17-9-4-14(2)22-17)20-12-10-19-11-13-20/h4-9,18-19H,3,10-13H2,1-2H3. The molecule has 0 saturated carbocycles. The maximum atomic E-state index is 5.57. The largest absolute Gasteiger partial charge is 0.494 e. The van der Waals surface area contributed by atoms with Gasteiger partial charge in [-0.25, -0.2) is 0 Å². The minimum absolute atomic E-state index is 0.358. The minimum Gasteiger partial charge on any atom is -0.494 e. The number of rotatable bonds is 5. The summed E-state index contributed by atoms with van der Waals surface area (Å²) in [6.07, 6.45) is 0. The molecule has 4 heteroatoms. The molecule has 118 valence electrons. The van der Waals surface area contributed by atoms with E-state index in [9.17, 15) is 0 Å². The lowest BCUT2D eigenvalue weighted by atomic mass is 10.0.